The number of rotatable bonds is 7. The Labute approximate surface area is 146 Å². The van der Waals surface area contributed by atoms with Gasteiger partial charge in [0.2, 0.25) is 0 Å². The molecular weight excluding hydrogens is 320 g/mol. The summed E-state index contributed by atoms with van der Waals surface area (Å²) in [6.07, 6.45) is 3.96. The van der Waals surface area contributed by atoms with Gasteiger partial charge in [-0.2, -0.15) is 0 Å². The number of amides is 1. The van der Waals surface area contributed by atoms with E-state index in [0.717, 1.165) is 17.9 Å². The summed E-state index contributed by atoms with van der Waals surface area (Å²) < 4.78 is 6.89. The summed E-state index contributed by atoms with van der Waals surface area (Å²) in [6.45, 7) is 4.47. The molecule has 0 aromatic carbocycles. The third kappa shape index (κ3) is 4.17. The first-order chi connectivity index (χ1) is 12.2. The number of anilines is 1. The van der Waals surface area contributed by atoms with Crippen molar-refractivity contribution in [2.24, 2.45) is 0 Å². The van der Waals surface area contributed by atoms with Gasteiger partial charge in [-0.1, -0.05) is 6.07 Å². The Balaban J connectivity index is 1.59. The van der Waals surface area contributed by atoms with Crippen molar-refractivity contribution < 1.29 is 14.3 Å². The molecule has 0 saturated heterocycles. The van der Waals surface area contributed by atoms with E-state index in [-0.39, 0.29) is 18.3 Å². The number of carbonyl (C=O) groups excluding carboxylic acids is 2. The van der Waals surface area contributed by atoms with Crippen molar-refractivity contribution in [1.82, 2.24) is 14.5 Å². The number of nitrogens with one attached hydrogen (secondary N) is 1. The highest BCUT2D eigenvalue weighted by Crippen LogP contribution is 2.18. The van der Waals surface area contributed by atoms with E-state index < -0.39 is 0 Å². The van der Waals surface area contributed by atoms with Crippen molar-refractivity contribution in [3.8, 4) is 0 Å². The number of carbonyl (C=O) groups is 2. The van der Waals surface area contributed by atoms with Gasteiger partial charge in [-0.05, 0) is 30.7 Å². The monoisotopic (exact) mass is 342 g/mol. The molecule has 7 heteroatoms. The number of aromatic nitrogens is 2. The summed E-state index contributed by atoms with van der Waals surface area (Å²) in [7, 11) is 0. The van der Waals surface area contributed by atoms with Gasteiger partial charge in [0.25, 0.3) is 5.91 Å². The molecule has 0 aliphatic carbocycles. The van der Waals surface area contributed by atoms with E-state index in [1.54, 1.807) is 18.0 Å². The fourth-order valence-electron chi connectivity index (χ4n) is 2.86. The lowest BCUT2D eigenvalue weighted by atomic mass is 10.2. The van der Waals surface area contributed by atoms with Crippen LogP contribution in [0.2, 0.25) is 0 Å². The first-order valence-corrected chi connectivity index (χ1v) is 8.46. The average Bonchev–Trinajstić information content (AvgIpc) is 3.05. The van der Waals surface area contributed by atoms with Crippen LogP contribution in [0.5, 0.6) is 0 Å². The molecule has 2 aromatic rings. The lowest BCUT2D eigenvalue weighted by Gasteiger charge is -2.27. The van der Waals surface area contributed by atoms with Gasteiger partial charge >= 0.3 is 5.97 Å². The lowest BCUT2D eigenvalue weighted by molar-refractivity contribution is -0.143. The number of pyridine rings is 1. The van der Waals surface area contributed by atoms with Crippen molar-refractivity contribution in [3.63, 3.8) is 0 Å². The Hall–Kier alpha value is -2.83. The summed E-state index contributed by atoms with van der Waals surface area (Å²) in [6, 6.07) is 7.59. The maximum absolute atomic E-state index is 12.6. The maximum atomic E-state index is 12.6. The van der Waals surface area contributed by atoms with E-state index >= 15 is 0 Å². The standard InChI is InChI=1S/C18H22N4O3/c1-2-25-17(23)6-8-21-9-10-22-13-14(11-15(22)18(21)24)12-20-16-5-3-4-7-19-16/h3-5,7,11,13H,2,6,8-10,12H2,1H3,(H,19,20). The third-order valence-electron chi connectivity index (χ3n) is 4.10. The number of nitrogens with zero attached hydrogens (tertiary/aromatic N) is 3. The van der Waals surface area contributed by atoms with Crippen molar-refractivity contribution in [1.29, 1.82) is 0 Å². The molecule has 0 bridgehead atoms. The first kappa shape index (κ1) is 17.0. The van der Waals surface area contributed by atoms with E-state index in [4.69, 9.17) is 4.74 Å². The van der Waals surface area contributed by atoms with Crippen LogP contribution in [-0.2, 0) is 22.6 Å². The van der Waals surface area contributed by atoms with Crippen LogP contribution in [-0.4, -0.2) is 46.0 Å². The Kier molecular flexibility index (Phi) is 5.33. The quantitative estimate of drug-likeness (QED) is 0.778. The molecule has 0 unspecified atom stereocenters. The summed E-state index contributed by atoms with van der Waals surface area (Å²) >= 11 is 0. The Morgan fingerprint density at radius 3 is 3.00 bits per heavy atom. The fourth-order valence-corrected chi connectivity index (χ4v) is 2.86. The normalized spacial score (nSPS) is 13.5. The molecule has 1 aliphatic heterocycles. The molecule has 0 radical (unpaired) electrons. The van der Waals surface area contributed by atoms with Crippen LogP contribution in [0.15, 0.2) is 36.7 Å². The van der Waals surface area contributed by atoms with E-state index in [9.17, 15) is 9.59 Å². The van der Waals surface area contributed by atoms with Crippen LogP contribution < -0.4 is 5.32 Å². The van der Waals surface area contributed by atoms with Crippen LogP contribution in [0.3, 0.4) is 0 Å². The van der Waals surface area contributed by atoms with Crippen molar-refractivity contribution in [2.75, 3.05) is 25.0 Å². The van der Waals surface area contributed by atoms with Crippen molar-refractivity contribution in [2.45, 2.75) is 26.4 Å². The molecule has 0 spiro atoms. The largest absolute Gasteiger partial charge is 0.466 e. The lowest BCUT2D eigenvalue weighted by Crippen LogP contribution is -2.41. The highest BCUT2D eigenvalue weighted by Gasteiger charge is 2.25. The molecule has 2 aromatic heterocycles. The zero-order valence-electron chi connectivity index (χ0n) is 14.3. The van der Waals surface area contributed by atoms with Gasteiger partial charge in [0.15, 0.2) is 0 Å². The number of fused-ring (bicyclic) bond motifs is 1. The summed E-state index contributed by atoms with van der Waals surface area (Å²) in [5.41, 5.74) is 1.69. The van der Waals surface area contributed by atoms with Crippen molar-refractivity contribution >= 4 is 17.7 Å². The highest BCUT2D eigenvalue weighted by atomic mass is 16.5. The third-order valence-corrected chi connectivity index (χ3v) is 4.10. The summed E-state index contributed by atoms with van der Waals surface area (Å²) in [4.78, 5) is 30.0. The number of esters is 1. The predicted molar refractivity (Wildman–Crippen MR) is 93.1 cm³/mol. The van der Waals surface area contributed by atoms with Gasteiger partial charge in [-0.25, -0.2) is 4.98 Å². The van der Waals surface area contributed by atoms with E-state index in [2.05, 4.69) is 10.3 Å². The molecule has 3 rings (SSSR count). The Morgan fingerprint density at radius 1 is 1.36 bits per heavy atom. The molecule has 25 heavy (non-hydrogen) atoms. The fraction of sp³-hybridized carbons (Fsp3) is 0.389. The van der Waals surface area contributed by atoms with Crippen molar-refractivity contribution in [3.05, 3.63) is 47.9 Å². The number of ether oxygens (including phenoxy) is 1. The van der Waals surface area contributed by atoms with Crippen LogP contribution in [0.4, 0.5) is 5.82 Å². The van der Waals surface area contributed by atoms with Gasteiger partial charge in [-0.3, -0.25) is 9.59 Å². The topological polar surface area (TPSA) is 76.5 Å². The van der Waals surface area contributed by atoms with Crippen LogP contribution in [0.25, 0.3) is 0 Å². The molecule has 1 amide bonds. The van der Waals surface area contributed by atoms with Gasteiger partial charge in [-0.15, -0.1) is 0 Å². The number of hydrogen-bond donors (Lipinski definition) is 1. The average molecular weight is 342 g/mol. The molecule has 1 N–H and O–H groups in total. The Bertz CT molecular complexity index is 742. The second-order valence-corrected chi connectivity index (χ2v) is 5.84. The minimum absolute atomic E-state index is 0.0420. The van der Waals surface area contributed by atoms with Gasteiger partial charge in [0.1, 0.15) is 11.5 Å². The second kappa shape index (κ2) is 7.83. The van der Waals surface area contributed by atoms with Crippen LogP contribution >= 0.6 is 0 Å². The molecule has 132 valence electrons. The summed E-state index contributed by atoms with van der Waals surface area (Å²) in [5, 5.41) is 3.24. The molecule has 7 nitrogen and oxygen atoms in total. The van der Waals surface area contributed by atoms with Gasteiger partial charge < -0.3 is 19.5 Å². The van der Waals surface area contributed by atoms with Crippen LogP contribution in [0.1, 0.15) is 29.4 Å². The molecule has 0 fully saturated rings. The van der Waals surface area contributed by atoms with E-state index in [1.165, 1.54) is 0 Å². The molecule has 3 heterocycles. The second-order valence-electron chi connectivity index (χ2n) is 5.84. The molecule has 0 atom stereocenters. The zero-order valence-corrected chi connectivity index (χ0v) is 14.3. The minimum Gasteiger partial charge on any atom is -0.466 e. The first-order valence-electron chi connectivity index (χ1n) is 8.46. The predicted octanol–water partition coefficient (Wildman–Crippen LogP) is 1.90. The molecule has 0 saturated carbocycles. The Morgan fingerprint density at radius 2 is 2.24 bits per heavy atom. The van der Waals surface area contributed by atoms with E-state index in [1.807, 2.05) is 35.0 Å². The molecular formula is C18H22N4O3. The van der Waals surface area contributed by atoms with E-state index in [0.29, 0.717) is 31.9 Å². The SMILES string of the molecule is CCOC(=O)CCN1CCn2cc(CNc3ccccn3)cc2C1=O. The number of hydrogen-bond acceptors (Lipinski definition) is 5. The van der Waals surface area contributed by atoms with Gasteiger partial charge in [0, 0.05) is 38.6 Å². The molecule has 1 aliphatic rings. The minimum atomic E-state index is -0.267. The van der Waals surface area contributed by atoms with Gasteiger partial charge in [0.05, 0.1) is 13.0 Å². The summed E-state index contributed by atoms with van der Waals surface area (Å²) in [5.74, 6) is 0.491. The highest BCUT2D eigenvalue weighted by molar-refractivity contribution is 5.94. The maximum Gasteiger partial charge on any atom is 0.307 e. The zero-order chi connectivity index (χ0) is 17.6. The van der Waals surface area contributed by atoms with Crippen LogP contribution in [0, 0.1) is 0 Å². The smallest absolute Gasteiger partial charge is 0.307 e.